The average Bonchev–Trinajstić information content (AvgIpc) is 3.41. The second-order valence-corrected chi connectivity index (χ2v) is 25.6. The molecule has 464 valence electrons. The zero-order chi connectivity index (χ0) is 57.7. The molecule has 0 aromatic rings. The highest BCUT2D eigenvalue weighted by molar-refractivity contribution is 7.45. The fraction of sp³-hybridized carbons (Fsp3) is 0.855. The van der Waals surface area contributed by atoms with Gasteiger partial charge in [0, 0.05) is 12.8 Å². The van der Waals surface area contributed by atoms with Crippen LogP contribution in [0.4, 0.5) is 0 Å². The molecule has 0 aliphatic rings. The van der Waals surface area contributed by atoms with E-state index >= 15 is 0 Å². The first-order valence-electron chi connectivity index (χ1n) is 33.8. The molecule has 0 aliphatic carbocycles. The summed E-state index contributed by atoms with van der Waals surface area (Å²) in [6, 6.07) is 0. The Morgan fingerprint density at radius 3 is 1.01 bits per heavy atom. The molecule has 0 saturated heterocycles. The van der Waals surface area contributed by atoms with Gasteiger partial charge >= 0.3 is 11.9 Å². The molecule has 0 amide bonds. The first kappa shape index (κ1) is 77.0. The first-order valence-corrected chi connectivity index (χ1v) is 35.3. The molecule has 2 unspecified atom stereocenters. The lowest BCUT2D eigenvalue weighted by Gasteiger charge is -2.28. The third-order valence-corrected chi connectivity index (χ3v) is 16.0. The average molecular weight is 1130 g/mol. The van der Waals surface area contributed by atoms with Crippen molar-refractivity contribution in [2.24, 2.45) is 0 Å². The summed E-state index contributed by atoms with van der Waals surface area (Å²) in [7, 11) is 1.17. The Bertz CT molecular complexity index is 1470. The van der Waals surface area contributed by atoms with Gasteiger partial charge in [0.1, 0.15) is 19.8 Å². The fourth-order valence-corrected chi connectivity index (χ4v) is 10.6. The molecule has 0 fully saturated rings. The molecule has 0 saturated carbocycles. The Morgan fingerprint density at radius 2 is 0.684 bits per heavy atom. The van der Waals surface area contributed by atoms with Crippen LogP contribution in [0.2, 0.25) is 0 Å². The number of phosphoric acid groups is 1. The van der Waals surface area contributed by atoms with Gasteiger partial charge in [0.2, 0.25) is 0 Å². The zero-order valence-corrected chi connectivity index (χ0v) is 53.7. The molecule has 79 heavy (non-hydrogen) atoms. The van der Waals surface area contributed by atoms with Crippen molar-refractivity contribution < 1.29 is 42.1 Å². The van der Waals surface area contributed by atoms with Gasteiger partial charge in [0.25, 0.3) is 7.82 Å². The molecule has 0 radical (unpaired) electrons. The maximum atomic E-state index is 12.8. The molecule has 0 aromatic carbocycles. The largest absolute Gasteiger partial charge is 0.756 e. The highest BCUT2D eigenvalue weighted by Crippen LogP contribution is 2.38. The molecule has 0 aromatic heterocycles. The van der Waals surface area contributed by atoms with E-state index in [4.69, 9.17) is 18.5 Å². The number of quaternary nitrogens is 1. The van der Waals surface area contributed by atoms with Gasteiger partial charge < -0.3 is 27.9 Å². The number of rotatable bonds is 63. The summed E-state index contributed by atoms with van der Waals surface area (Å²) in [5.74, 6) is -0.836. The molecule has 0 N–H and O–H groups in total. The predicted octanol–water partition coefficient (Wildman–Crippen LogP) is 21.0. The Balaban J connectivity index is 3.90. The minimum absolute atomic E-state index is 0.0319. The lowest BCUT2D eigenvalue weighted by Crippen LogP contribution is -2.37. The van der Waals surface area contributed by atoms with Gasteiger partial charge in [-0.1, -0.05) is 287 Å². The van der Waals surface area contributed by atoms with Crippen LogP contribution >= 0.6 is 7.82 Å². The summed E-state index contributed by atoms with van der Waals surface area (Å²) >= 11 is 0. The lowest BCUT2D eigenvalue weighted by molar-refractivity contribution is -0.870. The van der Waals surface area contributed by atoms with Crippen LogP contribution < -0.4 is 4.89 Å². The number of hydrogen-bond acceptors (Lipinski definition) is 8. The maximum Gasteiger partial charge on any atom is 0.306 e. The fourth-order valence-electron chi connectivity index (χ4n) is 9.84. The van der Waals surface area contributed by atoms with Crippen molar-refractivity contribution in [1.29, 1.82) is 0 Å². The van der Waals surface area contributed by atoms with E-state index in [1.807, 2.05) is 21.1 Å². The number of carbonyl (C=O) groups excluding carboxylic acids is 2. The lowest BCUT2D eigenvalue weighted by atomic mass is 10.0. The van der Waals surface area contributed by atoms with E-state index in [9.17, 15) is 19.0 Å². The quantitative estimate of drug-likeness (QED) is 0.0195. The second-order valence-electron chi connectivity index (χ2n) is 24.2. The summed E-state index contributed by atoms with van der Waals surface area (Å²) in [5.41, 5.74) is 0. The number of likely N-dealkylation sites (N-methyl/N-ethyl adjacent to an activating group) is 1. The number of phosphoric ester groups is 1. The van der Waals surface area contributed by atoms with E-state index < -0.39 is 32.5 Å². The SMILES string of the molecule is CCCCCC/C=C\C/C=C\CCCCCCCC(=O)OCC(COP(=O)([O-])OCC[N+](C)(C)C)OC(=O)CCCCCCCCCCCCCCCCCCCCCCCCCCCCC/C=C\C/C=C\CCCCCCC. The van der Waals surface area contributed by atoms with Crippen molar-refractivity contribution in [3.63, 3.8) is 0 Å². The van der Waals surface area contributed by atoms with Gasteiger partial charge in [0.05, 0.1) is 27.7 Å². The number of hydrogen-bond donors (Lipinski definition) is 0. The van der Waals surface area contributed by atoms with Crippen molar-refractivity contribution in [2.75, 3.05) is 47.5 Å². The van der Waals surface area contributed by atoms with Gasteiger partial charge in [-0.05, 0) is 77.0 Å². The van der Waals surface area contributed by atoms with Crippen LogP contribution in [0.3, 0.4) is 0 Å². The Hall–Kier alpha value is -2.03. The van der Waals surface area contributed by atoms with Gasteiger partial charge in [-0.3, -0.25) is 14.2 Å². The van der Waals surface area contributed by atoms with Gasteiger partial charge in [-0.15, -0.1) is 0 Å². The second kappa shape index (κ2) is 60.6. The molecule has 10 heteroatoms. The van der Waals surface area contributed by atoms with E-state index in [0.29, 0.717) is 23.9 Å². The molecule has 0 rings (SSSR count). The normalized spacial score (nSPS) is 13.4. The number of nitrogens with zero attached hydrogens (tertiary/aromatic N) is 1. The highest BCUT2D eigenvalue weighted by Gasteiger charge is 2.22. The minimum atomic E-state index is -4.64. The summed E-state index contributed by atoms with van der Waals surface area (Å²) in [4.78, 5) is 37.9. The molecule has 9 nitrogen and oxygen atoms in total. The molecular formula is C69H130NO8P. The Labute approximate surface area is 490 Å². The van der Waals surface area contributed by atoms with Crippen LogP contribution in [0.5, 0.6) is 0 Å². The molecule has 0 bridgehead atoms. The van der Waals surface area contributed by atoms with Crippen molar-refractivity contribution >= 4 is 19.8 Å². The molecular weight excluding hydrogens is 1000 g/mol. The predicted molar refractivity (Wildman–Crippen MR) is 337 cm³/mol. The van der Waals surface area contributed by atoms with Crippen molar-refractivity contribution in [3.05, 3.63) is 48.6 Å². The Morgan fingerprint density at radius 1 is 0.392 bits per heavy atom. The van der Waals surface area contributed by atoms with Gasteiger partial charge in [-0.2, -0.15) is 0 Å². The summed E-state index contributed by atoms with van der Waals surface area (Å²) in [5, 5.41) is 0. The molecule has 0 heterocycles. The van der Waals surface area contributed by atoms with E-state index in [1.165, 1.54) is 231 Å². The van der Waals surface area contributed by atoms with Gasteiger partial charge in [0.15, 0.2) is 6.10 Å². The number of carbonyl (C=O) groups is 2. The highest BCUT2D eigenvalue weighted by atomic mass is 31.2. The van der Waals surface area contributed by atoms with Crippen LogP contribution in [0.1, 0.15) is 328 Å². The molecule has 0 aliphatic heterocycles. The number of unbranched alkanes of at least 4 members (excludes halogenated alkanes) is 41. The third-order valence-electron chi connectivity index (χ3n) is 15.1. The van der Waals surface area contributed by atoms with Crippen LogP contribution in [-0.4, -0.2) is 70.0 Å². The summed E-state index contributed by atoms with van der Waals surface area (Å²) < 4.78 is 34.2. The van der Waals surface area contributed by atoms with E-state index in [0.717, 1.165) is 57.8 Å². The van der Waals surface area contributed by atoms with Crippen LogP contribution in [-0.2, 0) is 32.7 Å². The zero-order valence-electron chi connectivity index (χ0n) is 52.8. The van der Waals surface area contributed by atoms with E-state index in [2.05, 4.69) is 62.5 Å². The molecule has 2 atom stereocenters. The third kappa shape index (κ3) is 65.0. The topological polar surface area (TPSA) is 111 Å². The monoisotopic (exact) mass is 1130 g/mol. The van der Waals surface area contributed by atoms with Gasteiger partial charge in [-0.25, -0.2) is 0 Å². The standard InChI is InChI=1S/C69H130NO8P/c1-6-8-10-12-14-16-18-20-22-24-25-26-27-28-29-30-31-32-33-34-35-36-37-38-39-40-41-42-43-44-45-46-48-50-52-54-56-58-60-62-69(72)78-67(66-77-79(73,74)76-64-63-70(3,4)5)65-75-68(71)61-59-57-55-53-51-49-47-23-21-19-17-15-13-11-9-7-2/h17-20,23-25,47,67H,6-16,21-22,26-46,48-66H2,1-5H3/b19-17-,20-18-,25-24-,47-23-. The van der Waals surface area contributed by atoms with E-state index in [1.54, 1.807) is 0 Å². The number of esters is 2. The smallest absolute Gasteiger partial charge is 0.306 e. The van der Waals surface area contributed by atoms with Crippen LogP contribution in [0.25, 0.3) is 0 Å². The van der Waals surface area contributed by atoms with Crippen molar-refractivity contribution in [3.8, 4) is 0 Å². The maximum absolute atomic E-state index is 12.8. The Kier molecular flexibility index (Phi) is 59.0. The van der Waals surface area contributed by atoms with E-state index in [-0.39, 0.29) is 26.1 Å². The van der Waals surface area contributed by atoms with Crippen molar-refractivity contribution in [1.82, 2.24) is 0 Å². The summed E-state index contributed by atoms with van der Waals surface area (Å²) in [6.45, 7) is 4.23. The van der Waals surface area contributed by atoms with Crippen LogP contribution in [0, 0.1) is 0 Å². The minimum Gasteiger partial charge on any atom is -0.756 e. The van der Waals surface area contributed by atoms with Crippen molar-refractivity contribution in [2.45, 2.75) is 335 Å². The number of ether oxygens (including phenoxy) is 2. The van der Waals surface area contributed by atoms with Crippen LogP contribution in [0.15, 0.2) is 48.6 Å². The summed E-state index contributed by atoms with van der Waals surface area (Å²) in [6.07, 6.45) is 77.8. The first-order chi connectivity index (χ1) is 38.5. The molecule has 0 spiro atoms. The number of allylic oxidation sites excluding steroid dienone is 8.